The van der Waals surface area contributed by atoms with Crippen LogP contribution in [0, 0.1) is 5.92 Å². The van der Waals surface area contributed by atoms with Gasteiger partial charge in [0.15, 0.2) is 0 Å². The number of hydrogen-bond donors (Lipinski definition) is 2. The summed E-state index contributed by atoms with van der Waals surface area (Å²) in [4.78, 5) is 25.0. The zero-order valence-corrected chi connectivity index (χ0v) is 18.6. The highest BCUT2D eigenvalue weighted by atomic mass is 32.2. The summed E-state index contributed by atoms with van der Waals surface area (Å²) >= 11 is 0. The van der Waals surface area contributed by atoms with Crippen molar-refractivity contribution >= 4 is 21.8 Å². The van der Waals surface area contributed by atoms with Crippen molar-refractivity contribution in [2.45, 2.75) is 23.8 Å². The molecule has 1 aliphatic rings. The van der Waals surface area contributed by atoms with Gasteiger partial charge in [-0.05, 0) is 54.7 Å². The zero-order chi connectivity index (χ0) is 22.6. The van der Waals surface area contributed by atoms with Gasteiger partial charge in [-0.25, -0.2) is 12.7 Å². The topological polar surface area (TPSA) is 105 Å². The number of sulfonamides is 1. The number of hydrogen-bond acceptors (Lipinski definition) is 5. The largest absolute Gasteiger partial charge is 0.497 e. The lowest BCUT2D eigenvalue weighted by Gasteiger charge is -2.19. The van der Waals surface area contributed by atoms with Gasteiger partial charge in [0.1, 0.15) is 5.75 Å². The first-order valence-electron chi connectivity index (χ1n) is 9.96. The van der Waals surface area contributed by atoms with Gasteiger partial charge in [0, 0.05) is 19.7 Å². The minimum Gasteiger partial charge on any atom is -0.497 e. The molecule has 8 nitrogen and oxygen atoms in total. The van der Waals surface area contributed by atoms with Gasteiger partial charge in [0.25, 0.3) is 5.91 Å². The van der Waals surface area contributed by atoms with Crippen molar-refractivity contribution in [3.8, 4) is 5.75 Å². The molecule has 2 N–H and O–H groups in total. The minimum absolute atomic E-state index is 0.0166. The maximum atomic E-state index is 12.5. The monoisotopic (exact) mass is 445 g/mol. The molecule has 9 heteroatoms. The lowest BCUT2D eigenvalue weighted by atomic mass is 10.0. The summed E-state index contributed by atoms with van der Waals surface area (Å²) in [6.07, 6.45) is 2.08. The van der Waals surface area contributed by atoms with Crippen LogP contribution in [0.5, 0.6) is 5.75 Å². The van der Waals surface area contributed by atoms with E-state index in [1.807, 2.05) is 24.3 Å². The van der Waals surface area contributed by atoms with E-state index in [4.69, 9.17) is 4.74 Å². The normalized spacial score (nSPS) is 14.7. The Hall–Kier alpha value is -2.91. The molecule has 2 aromatic rings. The van der Waals surface area contributed by atoms with Gasteiger partial charge in [-0.1, -0.05) is 18.2 Å². The van der Waals surface area contributed by atoms with Crippen molar-refractivity contribution in [3.05, 3.63) is 59.7 Å². The zero-order valence-electron chi connectivity index (χ0n) is 17.8. The Kier molecular flexibility index (Phi) is 6.97. The van der Waals surface area contributed by atoms with Crippen LogP contribution < -0.4 is 15.4 Å². The molecule has 3 rings (SSSR count). The Bertz CT molecular complexity index is 1050. The lowest BCUT2D eigenvalue weighted by Crippen LogP contribution is -2.39. The predicted molar refractivity (Wildman–Crippen MR) is 116 cm³/mol. The number of amides is 2. The third-order valence-electron chi connectivity index (χ3n) is 5.17. The van der Waals surface area contributed by atoms with Crippen LogP contribution in [0.15, 0.2) is 53.4 Å². The van der Waals surface area contributed by atoms with Crippen LogP contribution in [-0.2, 0) is 14.8 Å². The van der Waals surface area contributed by atoms with Crippen LogP contribution in [0.4, 0.5) is 0 Å². The first-order valence-corrected chi connectivity index (χ1v) is 11.4. The number of rotatable bonds is 9. The first-order chi connectivity index (χ1) is 14.7. The summed E-state index contributed by atoms with van der Waals surface area (Å²) in [6, 6.07) is 13.2. The van der Waals surface area contributed by atoms with E-state index in [0.29, 0.717) is 5.92 Å². The predicted octanol–water partition coefficient (Wildman–Crippen LogP) is 1.94. The summed E-state index contributed by atoms with van der Waals surface area (Å²) in [7, 11) is 0.792. The highest BCUT2D eigenvalue weighted by Gasteiger charge is 2.33. The van der Waals surface area contributed by atoms with Gasteiger partial charge in [-0.15, -0.1) is 0 Å². The van der Waals surface area contributed by atoms with Crippen molar-refractivity contribution in [1.82, 2.24) is 14.9 Å². The van der Waals surface area contributed by atoms with E-state index in [-0.39, 0.29) is 29.0 Å². The fourth-order valence-corrected chi connectivity index (χ4v) is 4.16. The molecule has 0 aromatic heterocycles. The van der Waals surface area contributed by atoms with Gasteiger partial charge in [-0.2, -0.15) is 0 Å². The van der Waals surface area contributed by atoms with E-state index < -0.39 is 15.9 Å². The lowest BCUT2D eigenvalue weighted by molar-refractivity contribution is -0.121. The molecular weight excluding hydrogens is 418 g/mol. The molecule has 0 bridgehead atoms. The van der Waals surface area contributed by atoms with Crippen molar-refractivity contribution in [1.29, 1.82) is 0 Å². The smallest absolute Gasteiger partial charge is 0.251 e. The molecule has 1 aliphatic carbocycles. The molecule has 0 saturated heterocycles. The fraction of sp³-hybridized carbons (Fsp3) is 0.364. The highest BCUT2D eigenvalue weighted by molar-refractivity contribution is 7.89. The van der Waals surface area contributed by atoms with Gasteiger partial charge < -0.3 is 15.4 Å². The van der Waals surface area contributed by atoms with E-state index in [0.717, 1.165) is 28.5 Å². The summed E-state index contributed by atoms with van der Waals surface area (Å²) in [5, 5.41) is 5.55. The maximum absolute atomic E-state index is 12.5. The second-order valence-electron chi connectivity index (χ2n) is 7.65. The Morgan fingerprint density at radius 1 is 1.13 bits per heavy atom. The average Bonchev–Trinajstić information content (AvgIpc) is 3.61. The second-order valence-corrected chi connectivity index (χ2v) is 9.81. The Morgan fingerprint density at radius 2 is 1.81 bits per heavy atom. The molecule has 1 atom stereocenters. The molecular formula is C22H27N3O5S. The first kappa shape index (κ1) is 22.8. The van der Waals surface area contributed by atoms with Gasteiger partial charge >= 0.3 is 0 Å². The molecule has 1 unspecified atom stereocenters. The van der Waals surface area contributed by atoms with Crippen LogP contribution in [-0.4, -0.2) is 52.3 Å². The Morgan fingerprint density at radius 3 is 2.39 bits per heavy atom. The van der Waals surface area contributed by atoms with E-state index in [9.17, 15) is 18.0 Å². The Labute approximate surface area is 182 Å². The van der Waals surface area contributed by atoms with Crippen LogP contribution in [0.25, 0.3) is 0 Å². The third-order valence-corrected chi connectivity index (χ3v) is 6.98. The third kappa shape index (κ3) is 5.62. The molecule has 2 amide bonds. The summed E-state index contributed by atoms with van der Waals surface area (Å²) in [5.41, 5.74) is 1.16. The SMILES string of the molecule is COc1ccc(C(NC(=O)CNC(=O)c2cccc(S(=O)(=O)N(C)C)c2)C2CC2)cc1. The van der Waals surface area contributed by atoms with E-state index >= 15 is 0 Å². The van der Waals surface area contributed by atoms with Crippen molar-refractivity contribution in [3.63, 3.8) is 0 Å². The maximum Gasteiger partial charge on any atom is 0.251 e. The molecule has 0 spiro atoms. The van der Waals surface area contributed by atoms with E-state index in [1.165, 1.54) is 38.4 Å². The van der Waals surface area contributed by atoms with E-state index in [2.05, 4.69) is 10.6 Å². The molecule has 0 aliphatic heterocycles. The number of nitrogens with one attached hydrogen (secondary N) is 2. The van der Waals surface area contributed by atoms with Gasteiger partial charge in [-0.3, -0.25) is 9.59 Å². The minimum atomic E-state index is -3.65. The quantitative estimate of drug-likeness (QED) is 0.614. The molecule has 2 aromatic carbocycles. The summed E-state index contributed by atoms with van der Waals surface area (Å²) in [5.74, 6) is 0.299. The molecule has 166 valence electrons. The summed E-state index contributed by atoms with van der Waals surface area (Å²) in [6.45, 7) is -0.205. The highest BCUT2D eigenvalue weighted by Crippen LogP contribution is 2.41. The molecule has 1 fully saturated rings. The standard InChI is InChI=1S/C22H27N3O5S/c1-25(2)31(28,29)19-6-4-5-17(13-19)22(27)23-14-20(26)24-21(15-7-8-15)16-9-11-18(30-3)12-10-16/h4-6,9-13,15,21H,7-8,14H2,1-3H3,(H,23,27)(H,24,26). The molecule has 0 radical (unpaired) electrons. The number of benzene rings is 2. The van der Waals surface area contributed by atoms with Crippen molar-refractivity contribution < 1.29 is 22.7 Å². The molecule has 1 saturated carbocycles. The number of carbonyl (C=O) groups excluding carboxylic acids is 2. The number of ether oxygens (including phenoxy) is 1. The van der Waals surface area contributed by atoms with E-state index in [1.54, 1.807) is 7.11 Å². The number of nitrogens with zero attached hydrogens (tertiary/aromatic N) is 1. The summed E-state index contributed by atoms with van der Waals surface area (Å²) < 4.78 is 30.8. The van der Waals surface area contributed by atoms with Crippen LogP contribution in [0.2, 0.25) is 0 Å². The van der Waals surface area contributed by atoms with Crippen LogP contribution in [0.3, 0.4) is 0 Å². The Balaban J connectivity index is 1.61. The number of methoxy groups -OCH3 is 1. The van der Waals surface area contributed by atoms with Crippen molar-refractivity contribution in [2.75, 3.05) is 27.7 Å². The van der Waals surface area contributed by atoms with Crippen molar-refractivity contribution in [2.24, 2.45) is 5.92 Å². The average molecular weight is 446 g/mol. The van der Waals surface area contributed by atoms with Gasteiger partial charge in [0.2, 0.25) is 15.9 Å². The molecule has 0 heterocycles. The number of carbonyl (C=O) groups is 2. The molecule has 31 heavy (non-hydrogen) atoms. The van der Waals surface area contributed by atoms with Crippen LogP contribution >= 0.6 is 0 Å². The fourth-order valence-electron chi connectivity index (χ4n) is 3.21. The van der Waals surface area contributed by atoms with Gasteiger partial charge in [0.05, 0.1) is 24.6 Å². The van der Waals surface area contributed by atoms with Crippen LogP contribution in [0.1, 0.15) is 34.8 Å². The second kappa shape index (κ2) is 9.49.